The number of aromatic nitrogens is 2. The van der Waals surface area contributed by atoms with Gasteiger partial charge in [-0.15, -0.1) is 0 Å². The lowest BCUT2D eigenvalue weighted by Gasteiger charge is -2.08. The van der Waals surface area contributed by atoms with Crippen molar-refractivity contribution in [1.82, 2.24) is 9.38 Å². The number of pyridine rings is 1. The number of hydrogen-bond donors (Lipinski definition) is 0. The molecule has 0 bridgehead atoms. The molecule has 0 unspecified atom stereocenters. The molecular weight excluding hydrogens is 512 g/mol. The third kappa shape index (κ3) is 2.82. The molecule has 0 amide bonds. The van der Waals surface area contributed by atoms with E-state index >= 15 is 0 Å². The quantitative estimate of drug-likeness (QED) is 0.221. The average molecular weight is 535 g/mol. The largest absolute Gasteiger partial charge is 0.453 e. The predicted octanol–water partition coefficient (Wildman–Crippen LogP) is 10.6. The first kappa shape index (κ1) is 22.1. The minimum Gasteiger partial charge on any atom is -0.453 e. The van der Waals surface area contributed by atoms with Crippen LogP contribution in [0.15, 0.2) is 138 Å². The number of nitrogens with zero attached hydrogens (tertiary/aromatic N) is 2. The Balaban J connectivity index is 1.24. The number of para-hydroxylation sites is 1. The fourth-order valence-electron chi connectivity index (χ4n) is 7.11. The summed E-state index contributed by atoms with van der Waals surface area (Å²) < 4.78 is 9.28. The highest BCUT2D eigenvalue weighted by atomic mass is 16.3. The molecule has 10 rings (SSSR count). The Labute approximate surface area is 240 Å². The van der Waals surface area contributed by atoms with Gasteiger partial charge in [0.25, 0.3) is 0 Å². The monoisotopic (exact) mass is 534 g/mol. The van der Waals surface area contributed by atoms with Crippen molar-refractivity contribution in [3.63, 3.8) is 0 Å². The van der Waals surface area contributed by atoms with E-state index in [0.717, 1.165) is 38.6 Å². The Morgan fingerprint density at radius 1 is 0.476 bits per heavy atom. The molecule has 0 aliphatic carbocycles. The first-order valence-corrected chi connectivity index (χ1v) is 14.3. The molecule has 0 saturated carbocycles. The van der Waals surface area contributed by atoms with Crippen molar-refractivity contribution >= 4 is 70.8 Å². The van der Waals surface area contributed by atoms with Gasteiger partial charge in [0, 0.05) is 44.9 Å². The minimum atomic E-state index is 0.943. The lowest BCUT2D eigenvalue weighted by molar-refractivity contribution is 0.676. The molecule has 0 radical (unpaired) electrons. The SMILES string of the molecule is c1cncc(-c2cccc(-c3ccc4c(ccc5c4oc4c6cc7ccccc7c7c8ccccc8n(c54)c67)c3)c2)c1. The standard InChI is InChI=1S/C39H22N2O/c1-2-11-29-26(7-1)21-33-36-35(29)31-12-3-4-13-34(31)41(36)37-32-17-15-27-20-25(14-16-30(27)38(32)42-39(33)37)23-8-5-9-24(19-23)28-10-6-18-40-22-28/h1-22H. The Bertz CT molecular complexity index is 2680. The minimum absolute atomic E-state index is 0.943. The maximum absolute atomic E-state index is 6.85. The summed E-state index contributed by atoms with van der Waals surface area (Å²) in [5.41, 5.74) is 10.2. The molecular formula is C39H22N2O. The van der Waals surface area contributed by atoms with Crippen molar-refractivity contribution in [3.05, 3.63) is 134 Å². The van der Waals surface area contributed by atoms with Crippen LogP contribution in [0.2, 0.25) is 0 Å². The van der Waals surface area contributed by atoms with Gasteiger partial charge in [-0.05, 0) is 75.3 Å². The zero-order valence-electron chi connectivity index (χ0n) is 22.5. The lowest BCUT2D eigenvalue weighted by Crippen LogP contribution is -1.84. The average Bonchev–Trinajstić information content (AvgIpc) is 3.70. The van der Waals surface area contributed by atoms with Crippen LogP contribution in [0.1, 0.15) is 0 Å². The Hall–Kier alpha value is -5.67. The van der Waals surface area contributed by atoms with E-state index < -0.39 is 0 Å². The highest BCUT2D eigenvalue weighted by molar-refractivity contribution is 6.33. The summed E-state index contributed by atoms with van der Waals surface area (Å²) in [6.07, 6.45) is 3.72. The van der Waals surface area contributed by atoms with E-state index in [0.29, 0.717) is 0 Å². The third-order valence-electron chi connectivity index (χ3n) is 8.96. The summed E-state index contributed by atoms with van der Waals surface area (Å²) >= 11 is 0. The van der Waals surface area contributed by atoms with Gasteiger partial charge in [-0.3, -0.25) is 4.98 Å². The molecule has 3 heteroatoms. The normalized spacial score (nSPS) is 12.3. The maximum atomic E-state index is 6.85. The predicted molar refractivity (Wildman–Crippen MR) is 175 cm³/mol. The van der Waals surface area contributed by atoms with E-state index in [-0.39, 0.29) is 0 Å². The number of hydrogen-bond acceptors (Lipinski definition) is 2. The first-order chi connectivity index (χ1) is 20.8. The molecule has 4 aromatic heterocycles. The highest BCUT2D eigenvalue weighted by Crippen LogP contribution is 2.46. The molecule has 4 heterocycles. The molecule has 0 aliphatic rings. The molecule has 0 spiro atoms. The van der Waals surface area contributed by atoms with E-state index in [1.807, 2.05) is 18.5 Å². The molecule has 10 aromatic rings. The van der Waals surface area contributed by atoms with Gasteiger partial charge in [0.1, 0.15) is 11.1 Å². The number of furan rings is 1. The zero-order chi connectivity index (χ0) is 27.4. The van der Waals surface area contributed by atoms with Crippen LogP contribution in [0, 0.1) is 0 Å². The Kier molecular flexibility index (Phi) is 4.18. The second kappa shape index (κ2) is 7.96. The van der Waals surface area contributed by atoms with Crippen LogP contribution in [0.5, 0.6) is 0 Å². The topological polar surface area (TPSA) is 30.4 Å². The van der Waals surface area contributed by atoms with E-state index in [2.05, 4.69) is 125 Å². The van der Waals surface area contributed by atoms with Gasteiger partial charge in [0.2, 0.25) is 0 Å². The zero-order valence-corrected chi connectivity index (χ0v) is 22.5. The summed E-state index contributed by atoms with van der Waals surface area (Å²) in [6.45, 7) is 0. The second-order valence-corrected chi connectivity index (χ2v) is 11.2. The van der Waals surface area contributed by atoms with Crippen molar-refractivity contribution in [2.24, 2.45) is 0 Å². The van der Waals surface area contributed by atoms with Crippen molar-refractivity contribution in [1.29, 1.82) is 0 Å². The summed E-state index contributed by atoms with van der Waals surface area (Å²) in [7, 11) is 0. The van der Waals surface area contributed by atoms with Crippen molar-refractivity contribution in [2.75, 3.05) is 0 Å². The van der Waals surface area contributed by atoms with E-state index in [1.165, 1.54) is 54.5 Å². The molecule has 0 atom stereocenters. The molecule has 42 heavy (non-hydrogen) atoms. The third-order valence-corrected chi connectivity index (χ3v) is 8.96. The van der Waals surface area contributed by atoms with E-state index in [4.69, 9.17) is 4.42 Å². The maximum Gasteiger partial charge on any atom is 0.161 e. The van der Waals surface area contributed by atoms with E-state index in [1.54, 1.807) is 0 Å². The Morgan fingerprint density at radius 2 is 1.24 bits per heavy atom. The summed E-state index contributed by atoms with van der Waals surface area (Å²) in [5.74, 6) is 0. The molecule has 0 fully saturated rings. The molecule has 194 valence electrons. The van der Waals surface area contributed by atoms with Gasteiger partial charge in [-0.1, -0.05) is 78.9 Å². The fourth-order valence-corrected chi connectivity index (χ4v) is 7.11. The van der Waals surface area contributed by atoms with Crippen molar-refractivity contribution in [2.45, 2.75) is 0 Å². The van der Waals surface area contributed by atoms with E-state index in [9.17, 15) is 0 Å². The molecule has 0 aliphatic heterocycles. The highest BCUT2D eigenvalue weighted by Gasteiger charge is 2.24. The van der Waals surface area contributed by atoms with Crippen LogP contribution < -0.4 is 0 Å². The van der Waals surface area contributed by atoms with Crippen molar-refractivity contribution < 1.29 is 4.42 Å². The van der Waals surface area contributed by atoms with Crippen LogP contribution in [0.3, 0.4) is 0 Å². The van der Waals surface area contributed by atoms with Crippen LogP contribution in [0.25, 0.3) is 93.1 Å². The van der Waals surface area contributed by atoms with Crippen LogP contribution in [-0.4, -0.2) is 9.38 Å². The number of benzene rings is 6. The fraction of sp³-hybridized carbons (Fsp3) is 0. The number of rotatable bonds is 2. The van der Waals surface area contributed by atoms with Gasteiger partial charge in [0.15, 0.2) is 5.58 Å². The summed E-state index contributed by atoms with van der Waals surface area (Å²) in [6, 6.07) is 43.7. The molecule has 3 nitrogen and oxygen atoms in total. The summed E-state index contributed by atoms with van der Waals surface area (Å²) in [4.78, 5) is 4.30. The summed E-state index contributed by atoms with van der Waals surface area (Å²) in [5, 5.41) is 9.71. The van der Waals surface area contributed by atoms with Crippen LogP contribution in [0.4, 0.5) is 0 Å². The second-order valence-electron chi connectivity index (χ2n) is 11.2. The Morgan fingerprint density at radius 3 is 2.14 bits per heavy atom. The van der Waals surface area contributed by atoms with Gasteiger partial charge in [0.05, 0.1) is 11.0 Å². The van der Waals surface area contributed by atoms with Crippen LogP contribution >= 0.6 is 0 Å². The molecule has 6 aromatic carbocycles. The molecule has 0 saturated heterocycles. The van der Waals surface area contributed by atoms with Gasteiger partial charge in [-0.2, -0.15) is 0 Å². The smallest absolute Gasteiger partial charge is 0.161 e. The van der Waals surface area contributed by atoms with Crippen LogP contribution in [-0.2, 0) is 0 Å². The number of fused-ring (bicyclic) bond motifs is 12. The first-order valence-electron chi connectivity index (χ1n) is 14.3. The lowest BCUT2D eigenvalue weighted by atomic mass is 9.97. The molecule has 0 N–H and O–H groups in total. The van der Waals surface area contributed by atoms with Gasteiger partial charge in [-0.25, -0.2) is 0 Å². The van der Waals surface area contributed by atoms with Crippen molar-refractivity contribution in [3.8, 4) is 22.3 Å². The van der Waals surface area contributed by atoms with Gasteiger partial charge < -0.3 is 8.82 Å². The van der Waals surface area contributed by atoms with Gasteiger partial charge >= 0.3 is 0 Å².